The normalized spacial score (nSPS) is 22.5. The van der Waals surface area contributed by atoms with Crippen molar-refractivity contribution in [2.75, 3.05) is 24.6 Å². The lowest BCUT2D eigenvalue weighted by molar-refractivity contribution is -0.661. The third-order valence-corrected chi connectivity index (χ3v) is 5.50. The molecule has 0 bridgehead atoms. The number of aliphatic hydroxyl groups is 1. The first-order valence-corrected chi connectivity index (χ1v) is 9.62. The molecule has 0 spiro atoms. The number of hydrogen-bond donors (Lipinski definition) is 1. The molecule has 26 heavy (non-hydrogen) atoms. The summed E-state index contributed by atoms with van der Waals surface area (Å²) in [6.45, 7) is 4.01. The van der Waals surface area contributed by atoms with E-state index in [9.17, 15) is 5.11 Å². The van der Waals surface area contributed by atoms with E-state index in [0.717, 1.165) is 42.8 Å². The number of nitrogens with zero attached hydrogens (tertiary/aromatic N) is 2. The number of amidine groups is 1. The van der Waals surface area contributed by atoms with Crippen molar-refractivity contribution in [2.45, 2.75) is 31.9 Å². The topological polar surface area (TPSA) is 35.7 Å². The fourth-order valence-corrected chi connectivity index (χ4v) is 4.11. The van der Waals surface area contributed by atoms with E-state index in [1.165, 1.54) is 5.84 Å². The smallest absolute Gasteiger partial charge is 0.271 e. The Balaban J connectivity index is 1.71. The maximum absolute atomic E-state index is 11.6. The molecule has 2 aromatic rings. The quantitative estimate of drug-likeness (QED) is 0.825. The molecule has 0 fully saturated rings. The fourth-order valence-electron chi connectivity index (χ4n) is 3.99. The molecule has 1 atom stereocenters. The summed E-state index contributed by atoms with van der Waals surface area (Å²) in [5.74, 6) is 2.06. The second-order valence-corrected chi connectivity index (χ2v) is 7.30. The molecule has 0 saturated carbocycles. The van der Waals surface area contributed by atoms with Gasteiger partial charge in [-0.05, 0) is 56.2 Å². The van der Waals surface area contributed by atoms with Crippen LogP contribution in [0.4, 0.5) is 5.69 Å². The van der Waals surface area contributed by atoms with Crippen LogP contribution in [0.3, 0.4) is 0 Å². The molecule has 0 amide bonds. The predicted octanol–water partition coefficient (Wildman–Crippen LogP) is 4.00. The van der Waals surface area contributed by atoms with Crippen LogP contribution < -0.4 is 9.64 Å². The molecular weight excluding hydrogens is 348 g/mol. The second kappa shape index (κ2) is 6.93. The molecule has 2 aliphatic rings. The SMILES string of the molecule is CCOc1ccc(N2C[C@@](O)(c3ccc(Cl)cc3)[N+]3=C2CCCC3)cc1. The van der Waals surface area contributed by atoms with Crippen LogP contribution in [-0.4, -0.2) is 35.2 Å². The molecule has 5 heteroatoms. The van der Waals surface area contributed by atoms with Crippen molar-refractivity contribution in [2.24, 2.45) is 0 Å². The van der Waals surface area contributed by atoms with Crippen LogP contribution in [0.5, 0.6) is 5.75 Å². The lowest BCUT2D eigenvalue weighted by atomic mass is 10.0. The lowest BCUT2D eigenvalue weighted by Crippen LogP contribution is -2.41. The summed E-state index contributed by atoms with van der Waals surface area (Å²) in [7, 11) is 0. The summed E-state index contributed by atoms with van der Waals surface area (Å²) < 4.78 is 7.72. The van der Waals surface area contributed by atoms with Crippen molar-refractivity contribution < 1.29 is 14.4 Å². The summed E-state index contributed by atoms with van der Waals surface area (Å²) in [5.41, 5.74) is 0.939. The molecule has 0 unspecified atom stereocenters. The molecule has 2 heterocycles. The van der Waals surface area contributed by atoms with Crippen LogP contribution in [0.1, 0.15) is 31.7 Å². The Morgan fingerprint density at radius 3 is 2.54 bits per heavy atom. The Bertz CT molecular complexity index is 817. The molecule has 0 aromatic heterocycles. The van der Waals surface area contributed by atoms with Crippen molar-refractivity contribution in [1.29, 1.82) is 0 Å². The van der Waals surface area contributed by atoms with E-state index < -0.39 is 5.72 Å². The largest absolute Gasteiger partial charge is 0.494 e. The van der Waals surface area contributed by atoms with Gasteiger partial charge in [0, 0.05) is 17.0 Å². The van der Waals surface area contributed by atoms with Gasteiger partial charge in [0.05, 0.1) is 13.2 Å². The zero-order chi connectivity index (χ0) is 18.1. The highest BCUT2D eigenvalue weighted by Gasteiger charge is 2.52. The molecule has 4 rings (SSSR count). The Morgan fingerprint density at radius 2 is 1.85 bits per heavy atom. The van der Waals surface area contributed by atoms with Crippen molar-refractivity contribution >= 4 is 23.1 Å². The van der Waals surface area contributed by atoms with Gasteiger partial charge in [0.25, 0.3) is 11.6 Å². The van der Waals surface area contributed by atoms with Crippen molar-refractivity contribution in [3.8, 4) is 5.75 Å². The Morgan fingerprint density at radius 1 is 1.12 bits per heavy atom. The Labute approximate surface area is 159 Å². The number of hydrogen-bond acceptors (Lipinski definition) is 3. The van der Waals surface area contributed by atoms with Gasteiger partial charge in [-0.15, -0.1) is 0 Å². The van der Waals surface area contributed by atoms with E-state index in [-0.39, 0.29) is 0 Å². The van der Waals surface area contributed by atoms with Gasteiger partial charge in [-0.1, -0.05) is 23.7 Å². The van der Waals surface area contributed by atoms with Gasteiger partial charge in [0.2, 0.25) is 0 Å². The second-order valence-electron chi connectivity index (χ2n) is 6.86. The molecule has 2 aliphatic heterocycles. The van der Waals surface area contributed by atoms with E-state index in [2.05, 4.69) is 21.6 Å². The monoisotopic (exact) mass is 371 g/mol. The van der Waals surface area contributed by atoms with Gasteiger partial charge < -0.3 is 9.84 Å². The molecule has 1 N–H and O–H groups in total. The number of rotatable bonds is 4. The maximum atomic E-state index is 11.6. The standard InChI is InChI=1S/C21H24ClN2O2/c1-2-26-19-12-10-18(11-13-19)23-15-21(25,16-6-8-17(22)9-7-16)24-14-4-3-5-20(23)24/h6-13,25H,2-5,14-15H2,1H3/q+1/t21-/m1/s1. The van der Waals surface area contributed by atoms with Gasteiger partial charge >= 0.3 is 0 Å². The van der Waals surface area contributed by atoms with E-state index in [1.54, 1.807) is 0 Å². The highest BCUT2D eigenvalue weighted by molar-refractivity contribution is 6.30. The lowest BCUT2D eigenvalue weighted by Gasteiger charge is -2.24. The summed E-state index contributed by atoms with van der Waals surface area (Å²) in [5, 5.41) is 12.3. The fraction of sp³-hybridized carbons (Fsp3) is 0.381. The van der Waals surface area contributed by atoms with Crippen molar-refractivity contribution in [3.63, 3.8) is 0 Å². The summed E-state index contributed by atoms with van der Waals surface area (Å²) in [6, 6.07) is 15.7. The highest BCUT2D eigenvalue weighted by atomic mass is 35.5. The molecule has 2 aromatic carbocycles. The van der Waals surface area contributed by atoms with Gasteiger partial charge in [0.1, 0.15) is 11.4 Å². The summed E-state index contributed by atoms with van der Waals surface area (Å²) in [6.07, 6.45) is 3.22. The van der Waals surface area contributed by atoms with Crippen LogP contribution in [-0.2, 0) is 5.72 Å². The van der Waals surface area contributed by atoms with Crippen LogP contribution >= 0.6 is 11.6 Å². The first-order valence-electron chi connectivity index (χ1n) is 9.24. The summed E-state index contributed by atoms with van der Waals surface area (Å²) in [4.78, 5) is 2.24. The van der Waals surface area contributed by atoms with E-state index in [4.69, 9.17) is 16.3 Å². The number of anilines is 1. The Kier molecular flexibility index (Phi) is 4.63. The highest BCUT2D eigenvalue weighted by Crippen LogP contribution is 2.36. The van der Waals surface area contributed by atoms with E-state index in [1.807, 2.05) is 43.3 Å². The average Bonchev–Trinajstić information content (AvgIpc) is 2.98. The number of benzene rings is 2. The first-order chi connectivity index (χ1) is 12.6. The van der Waals surface area contributed by atoms with Crippen LogP contribution in [0, 0.1) is 0 Å². The van der Waals surface area contributed by atoms with Gasteiger partial charge in [-0.25, -0.2) is 9.48 Å². The molecular formula is C21H24ClN2O2+. The van der Waals surface area contributed by atoms with Gasteiger partial charge in [-0.3, -0.25) is 0 Å². The molecule has 136 valence electrons. The number of halogens is 1. The minimum Gasteiger partial charge on any atom is -0.494 e. The Hall–Kier alpha value is -2.04. The molecule has 0 saturated heterocycles. The minimum absolute atomic E-state index is 0.512. The van der Waals surface area contributed by atoms with Gasteiger partial charge in [0.15, 0.2) is 6.54 Å². The van der Waals surface area contributed by atoms with Gasteiger partial charge in [-0.2, -0.15) is 0 Å². The van der Waals surface area contributed by atoms with Crippen molar-refractivity contribution in [3.05, 3.63) is 59.1 Å². The van der Waals surface area contributed by atoms with Crippen LogP contribution in [0.2, 0.25) is 5.02 Å². The van der Waals surface area contributed by atoms with E-state index in [0.29, 0.717) is 18.2 Å². The number of ether oxygens (including phenoxy) is 1. The molecule has 4 nitrogen and oxygen atoms in total. The molecule has 0 aliphatic carbocycles. The average molecular weight is 372 g/mol. The number of β-amino-alcohol motifs (C(OH)–C–C–N with tert-alkyl or cyclic N) is 1. The maximum Gasteiger partial charge on any atom is 0.271 e. The van der Waals surface area contributed by atoms with Crippen LogP contribution in [0.25, 0.3) is 0 Å². The van der Waals surface area contributed by atoms with Crippen LogP contribution in [0.15, 0.2) is 48.5 Å². The minimum atomic E-state index is -1.03. The third-order valence-electron chi connectivity index (χ3n) is 5.25. The summed E-state index contributed by atoms with van der Waals surface area (Å²) >= 11 is 6.04. The third kappa shape index (κ3) is 2.97. The predicted molar refractivity (Wildman–Crippen MR) is 104 cm³/mol. The zero-order valence-electron chi connectivity index (χ0n) is 15.0. The molecule has 0 radical (unpaired) electrons. The first kappa shape index (κ1) is 17.4. The van der Waals surface area contributed by atoms with E-state index >= 15 is 0 Å². The van der Waals surface area contributed by atoms with Crippen molar-refractivity contribution in [1.82, 2.24) is 0 Å². The zero-order valence-corrected chi connectivity index (χ0v) is 15.7.